The molecule has 3 fully saturated rings. The van der Waals surface area contributed by atoms with Gasteiger partial charge in [-0.25, -0.2) is 4.99 Å². The highest BCUT2D eigenvalue weighted by Crippen LogP contribution is 2.38. The molecule has 3 heterocycles. The maximum absolute atomic E-state index is 14.6. The molecule has 6 rings (SSSR count). The summed E-state index contributed by atoms with van der Waals surface area (Å²) in [6.07, 6.45) is 12.8. The molecule has 1 saturated heterocycles. The van der Waals surface area contributed by atoms with Crippen molar-refractivity contribution >= 4 is 29.2 Å². The van der Waals surface area contributed by atoms with E-state index in [1.807, 2.05) is 40.6 Å². The van der Waals surface area contributed by atoms with Gasteiger partial charge < -0.3 is 25.2 Å². The molecule has 2 aliphatic carbocycles. The molecular formula is C36H51N5O3S. The van der Waals surface area contributed by atoms with Gasteiger partial charge in [0.1, 0.15) is 11.6 Å². The van der Waals surface area contributed by atoms with Crippen LogP contribution in [0.2, 0.25) is 0 Å². The summed E-state index contributed by atoms with van der Waals surface area (Å²) < 4.78 is 6.52. The van der Waals surface area contributed by atoms with Crippen molar-refractivity contribution in [3.8, 4) is 0 Å². The van der Waals surface area contributed by atoms with E-state index >= 15 is 0 Å². The maximum atomic E-state index is 14.6. The van der Waals surface area contributed by atoms with E-state index in [0.29, 0.717) is 44.2 Å². The highest BCUT2D eigenvalue weighted by atomic mass is 32.1. The number of hydrogen-bond donors (Lipinski definition) is 2. The standard InChI is InChI=1S/C36H51N5O3S/c1-36(2)32(27-15-8-4-9-16-27)44-35(39-36)40-20-21-41(31(25-40)33(42)37-24-29-19-12-22-45-29)34(43)30(23-26-13-6-3-7-14-26)38-28-17-10-5-11-18-28/h4,8-9,12,15-16,19,22,26,28,30-32,38H,3,5-7,10-11,13-14,17-18,20-21,23-25H2,1-2H3,(H,37,42)/t30?,31-,32?/m0/s1. The van der Waals surface area contributed by atoms with Crippen LogP contribution in [0.4, 0.5) is 0 Å². The van der Waals surface area contributed by atoms with Crippen LogP contribution in [-0.4, -0.2) is 70.9 Å². The van der Waals surface area contributed by atoms with Gasteiger partial charge in [0.2, 0.25) is 11.8 Å². The van der Waals surface area contributed by atoms with Gasteiger partial charge in [-0.15, -0.1) is 11.3 Å². The van der Waals surface area contributed by atoms with Crippen LogP contribution in [0, 0.1) is 5.92 Å². The highest BCUT2D eigenvalue weighted by Gasteiger charge is 2.45. The maximum Gasteiger partial charge on any atom is 0.288 e. The van der Waals surface area contributed by atoms with Crippen molar-refractivity contribution in [2.75, 3.05) is 19.6 Å². The molecule has 2 unspecified atom stereocenters. The minimum absolute atomic E-state index is 0.0823. The summed E-state index contributed by atoms with van der Waals surface area (Å²) in [6, 6.07) is 14.3. The number of amidine groups is 1. The fraction of sp³-hybridized carbons (Fsp3) is 0.639. The Morgan fingerprint density at radius 2 is 1.71 bits per heavy atom. The first-order valence-corrected chi connectivity index (χ1v) is 18.2. The molecule has 244 valence electrons. The number of benzene rings is 1. The van der Waals surface area contributed by atoms with Crippen molar-refractivity contribution in [3.63, 3.8) is 0 Å². The molecule has 2 amide bonds. The normalized spacial score (nSPS) is 25.0. The third kappa shape index (κ3) is 7.91. The molecule has 4 aliphatic rings. The lowest BCUT2D eigenvalue weighted by Crippen LogP contribution is -2.64. The number of ether oxygens (including phenoxy) is 1. The smallest absolute Gasteiger partial charge is 0.288 e. The molecule has 45 heavy (non-hydrogen) atoms. The van der Waals surface area contributed by atoms with Gasteiger partial charge >= 0.3 is 0 Å². The Kier molecular flexibility index (Phi) is 10.4. The summed E-state index contributed by atoms with van der Waals surface area (Å²) >= 11 is 1.63. The van der Waals surface area contributed by atoms with E-state index < -0.39 is 11.6 Å². The van der Waals surface area contributed by atoms with E-state index in [0.717, 1.165) is 29.7 Å². The van der Waals surface area contributed by atoms with Crippen LogP contribution in [0.1, 0.15) is 101 Å². The number of hydrogen-bond acceptors (Lipinski definition) is 7. The molecule has 1 aromatic heterocycles. The van der Waals surface area contributed by atoms with E-state index in [1.54, 1.807) is 11.3 Å². The van der Waals surface area contributed by atoms with Crippen molar-refractivity contribution < 1.29 is 14.3 Å². The Balaban J connectivity index is 1.21. The third-order valence-electron chi connectivity index (χ3n) is 10.2. The van der Waals surface area contributed by atoms with Crippen molar-refractivity contribution in [1.82, 2.24) is 20.4 Å². The first kappa shape index (κ1) is 32.0. The second kappa shape index (κ2) is 14.7. The van der Waals surface area contributed by atoms with Crippen molar-refractivity contribution in [3.05, 3.63) is 58.3 Å². The molecule has 0 bridgehead atoms. The zero-order chi connectivity index (χ0) is 31.2. The lowest BCUT2D eigenvalue weighted by atomic mass is 9.83. The zero-order valence-electron chi connectivity index (χ0n) is 27.1. The van der Waals surface area contributed by atoms with Crippen LogP contribution in [0.5, 0.6) is 0 Å². The summed E-state index contributed by atoms with van der Waals surface area (Å²) in [5, 5.41) is 9.01. The fourth-order valence-electron chi connectivity index (χ4n) is 7.73. The predicted octanol–water partition coefficient (Wildman–Crippen LogP) is 6.04. The molecule has 2 saturated carbocycles. The largest absolute Gasteiger partial charge is 0.454 e. The molecule has 2 N–H and O–H groups in total. The van der Waals surface area contributed by atoms with Crippen molar-refractivity contribution in [2.45, 2.75) is 121 Å². The van der Waals surface area contributed by atoms with Crippen molar-refractivity contribution in [2.24, 2.45) is 10.9 Å². The Hall–Kier alpha value is -2.91. The van der Waals surface area contributed by atoms with E-state index in [2.05, 4.69) is 41.5 Å². The summed E-state index contributed by atoms with van der Waals surface area (Å²) in [5.74, 6) is 0.529. The monoisotopic (exact) mass is 633 g/mol. The number of rotatable bonds is 9. The minimum atomic E-state index is -0.626. The Morgan fingerprint density at radius 3 is 2.42 bits per heavy atom. The molecular weight excluding hydrogens is 582 g/mol. The zero-order valence-corrected chi connectivity index (χ0v) is 27.9. The number of amides is 2. The van der Waals surface area contributed by atoms with Gasteiger partial charge in [-0.05, 0) is 56.0 Å². The fourth-order valence-corrected chi connectivity index (χ4v) is 8.37. The van der Waals surface area contributed by atoms with Crippen LogP contribution < -0.4 is 10.6 Å². The SMILES string of the molecule is CC1(C)N=C(N2CCN(C(=O)C(CC3CCCCC3)NC3CCCCC3)[C@H](C(=O)NCc3cccs3)C2)OC1c1ccccc1. The molecule has 8 nitrogen and oxygen atoms in total. The van der Waals surface area contributed by atoms with Gasteiger partial charge in [-0.2, -0.15) is 0 Å². The van der Waals surface area contributed by atoms with E-state index in [1.165, 1.54) is 51.4 Å². The number of piperazine rings is 1. The van der Waals surface area contributed by atoms with Crippen molar-refractivity contribution in [1.29, 1.82) is 0 Å². The molecule has 2 aromatic rings. The van der Waals surface area contributed by atoms with Gasteiger partial charge in [-0.3, -0.25) is 9.59 Å². The topological polar surface area (TPSA) is 86.3 Å². The summed E-state index contributed by atoms with van der Waals surface area (Å²) in [7, 11) is 0. The lowest BCUT2D eigenvalue weighted by molar-refractivity contribution is -0.145. The molecule has 0 radical (unpaired) electrons. The number of thiophene rings is 1. The van der Waals surface area contributed by atoms with Crippen LogP contribution in [-0.2, 0) is 20.9 Å². The van der Waals surface area contributed by atoms with E-state index in [9.17, 15) is 9.59 Å². The van der Waals surface area contributed by atoms with Gasteiger partial charge in [-0.1, -0.05) is 87.8 Å². The quantitative estimate of drug-likeness (QED) is 0.352. The van der Waals surface area contributed by atoms with Crippen LogP contribution in [0.15, 0.2) is 52.8 Å². The summed E-state index contributed by atoms with van der Waals surface area (Å²) in [6.45, 7) is 6.04. The average molecular weight is 634 g/mol. The number of carbonyl (C=O) groups excluding carboxylic acids is 2. The Bertz CT molecular complexity index is 1270. The first-order valence-electron chi connectivity index (χ1n) is 17.3. The molecule has 2 aliphatic heterocycles. The van der Waals surface area contributed by atoms with Crippen LogP contribution in [0.25, 0.3) is 0 Å². The molecule has 1 aromatic carbocycles. The third-order valence-corrected chi connectivity index (χ3v) is 11.1. The number of aliphatic imine (C=N–C) groups is 1. The number of nitrogens with one attached hydrogen (secondary N) is 2. The van der Waals surface area contributed by atoms with E-state index in [4.69, 9.17) is 9.73 Å². The van der Waals surface area contributed by atoms with Gasteiger partial charge in [0.25, 0.3) is 6.02 Å². The second-order valence-corrected chi connectivity index (χ2v) is 15.1. The summed E-state index contributed by atoms with van der Waals surface area (Å²) in [4.78, 5) is 38.6. The van der Waals surface area contributed by atoms with Crippen LogP contribution in [0.3, 0.4) is 0 Å². The first-order chi connectivity index (χ1) is 21.9. The van der Waals surface area contributed by atoms with Crippen LogP contribution >= 0.6 is 11.3 Å². The Morgan fingerprint density at radius 1 is 0.978 bits per heavy atom. The lowest BCUT2D eigenvalue weighted by Gasteiger charge is -2.43. The minimum Gasteiger partial charge on any atom is -0.454 e. The highest BCUT2D eigenvalue weighted by molar-refractivity contribution is 7.09. The predicted molar refractivity (Wildman–Crippen MR) is 180 cm³/mol. The van der Waals surface area contributed by atoms with Gasteiger partial charge in [0, 0.05) is 24.0 Å². The molecule has 3 atom stereocenters. The van der Waals surface area contributed by atoms with Gasteiger partial charge in [0.15, 0.2) is 6.10 Å². The second-order valence-electron chi connectivity index (χ2n) is 14.0. The van der Waals surface area contributed by atoms with E-state index in [-0.39, 0.29) is 24.0 Å². The summed E-state index contributed by atoms with van der Waals surface area (Å²) in [5.41, 5.74) is 0.634. The van der Waals surface area contributed by atoms with Gasteiger partial charge in [0.05, 0.1) is 19.1 Å². The molecule has 9 heteroatoms. The Labute approximate surface area is 273 Å². The number of carbonyl (C=O) groups is 2. The number of nitrogens with zero attached hydrogens (tertiary/aromatic N) is 3. The molecule has 0 spiro atoms. The average Bonchev–Trinajstić information content (AvgIpc) is 3.71.